The van der Waals surface area contributed by atoms with Crippen molar-refractivity contribution >= 4 is 0 Å². The fourth-order valence-electron chi connectivity index (χ4n) is 1.62. The number of nitrogens with zero attached hydrogens (tertiary/aromatic N) is 1. The summed E-state index contributed by atoms with van der Waals surface area (Å²) in [6, 6.07) is 5.12. The van der Waals surface area contributed by atoms with Crippen molar-refractivity contribution in [3.8, 4) is 0 Å². The summed E-state index contributed by atoms with van der Waals surface area (Å²) < 4.78 is 37.2. The molecular weight excluding hydrogens is 229 g/mol. The molecule has 0 aliphatic heterocycles. The predicted octanol–water partition coefficient (Wildman–Crippen LogP) is 2.41. The number of hydrogen-bond donors (Lipinski definition) is 1. The van der Waals surface area contributed by atoms with E-state index in [1.807, 2.05) is 0 Å². The van der Waals surface area contributed by atoms with Crippen LogP contribution in [0.1, 0.15) is 18.5 Å². The predicted molar refractivity (Wildman–Crippen MR) is 61.4 cm³/mol. The molecule has 1 rings (SSSR count). The summed E-state index contributed by atoms with van der Waals surface area (Å²) in [5.41, 5.74) is 6.69. The fourth-order valence-corrected chi connectivity index (χ4v) is 1.62. The molecule has 0 aromatic heterocycles. The van der Waals surface area contributed by atoms with E-state index < -0.39 is 12.5 Å². The Morgan fingerprint density at radius 2 is 1.76 bits per heavy atom. The SMILES string of the molecule is CC(C(N)c1ccc(F)cc1)N(C)CC(F)F. The zero-order valence-electron chi connectivity index (χ0n) is 9.91. The second-order valence-corrected chi connectivity index (χ2v) is 4.15. The Labute approximate surface area is 99.2 Å². The standard InChI is InChI=1S/C12H17F3N2/c1-8(17(2)7-11(14)15)12(16)9-3-5-10(13)6-4-9/h3-6,8,11-12H,7,16H2,1-2H3. The maximum atomic E-state index is 12.7. The number of benzene rings is 1. The second kappa shape index (κ2) is 6.02. The molecule has 1 aromatic carbocycles. The molecule has 0 radical (unpaired) electrons. The minimum atomic E-state index is -2.39. The van der Waals surface area contributed by atoms with Gasteiger partial charge in [0.15, 0.2) is 0 Å². The summed E-state index contributed by atoms with van der Waals surface area (Å²) in [6.07, 6.45) is -2.39. The van der Waals surface area contributed by atoms with E-state index in [1.165, 1.54) is 17.0 Å². The summed E-state index contributed by atoms with van der Waals surface area (Å²) in [7, 11) is 1.60. The van der Waals surface area contributed by atoms with Crippen LogP contribution in [0.5, 0.6) is 0 Å². The first-order valence-corrected chi connectivity index (χ1v) is 5.41. The van der Waals surface area contributed by atoms with Crippen LogP contribution in [0.3, 0.4) is 0 Å². The highest BCUT2D eigenvalue weighted by Crippen LogP contribution is 2.18. The summed E-state index contributed by atoms with van der Waals surface area (Å²) in [5.74, 6) is -0.338. The minimum Gasteiger partial charge on any atom is -0.323 e. The average Bonchev–Trinajstić information content (AvgIpc) is 2.27. The molecule has 0 aliphatic carbocycles. The maximum Gasteiger partial charge on any atom is 0.251 e. The Morgan fingerprint density at radius 3 is 2.24 bits per heavy atom. The van der Waals surface area contributed by atoms with Crippen LogP contribution in [0, 0.1) is 5.82 Å². The van der Waals surface area contributed by atoms with Gasteiger partial charge in [-0.2, -0.15) is 0 Å². The first kappa shape index (κ1) is 14.0. The molecule has 2 unspecified atom stereocenters. The molecule has 0 saturated carbocycles. The zero-order chi connectivity index (χ0) is 13.0. The number of rotatable bonds is 5. The van der Waals surface area contributed by atoms with Gasteiger partial charge in [-0.3, -0.25) is 4.90 Å². The monoisotopic (exact) mass is 246 g/mol. The first-order chi connectivity index (χ1) is 7.91. The fraction of sp³-hybridized carbons (Fsp3) is 0.500. The molecule has 2 atom stereocenters. The van der Waals surface area contributed by atoms with Crippen LogP contribution in [-0.4, -0.2) is 31.0 Å². The lowest BCUT2D eigenvalue weighted by Gasteiger charge is -2.29. The third-order valence-electron chi connectivity index (χ3n) is 2.90. The van der Waals surface area contributed by atoms with Crippen LogP contribution >= 0.6 is 0 Å². The molecule has 0 bridgehead atoms. The van der Waals surface area contributed by atoms with E-state index in [0.29, 0.717) is 0 Å². The van der Waals surface area contributed by atoms with Crippen molar-refractivity contribution in [2.45, 2.75) is 25.4 Å². The van der Waals surface area contributed by atoms with Gasteiger partial charge in [0.1, 0.15) is 5.82 Å². The molecular formula is C12H17F3N2. The number of nitrogens with two attached hydrogens (primary N) is 1. The van der Waals surface area contributed by atoms with Gasteiger partial charge < -0.3 is 5.73 Å². The summed E-state index contributed by atoms with van der Waals surface area (Å²) in [6.45, 7) is 1.45. The van der Waals surface area contributed by atoms with Crippen molar-refractivity contribution in [1.82, 2.24) is 4.90 Å². The number of halogens is 3. The Bertz CT molecular complexity index is 340. The topological polar surface area (TPSA) is 29.3 Å². The Balaban J connectivity index is 2.68. The van der Waals surface area contributed by atoms with Crippen LogP contribution < -0.4 is 5.73 Å². The van der Waals surface area contributed by atoms with Crippen molar-refractivity contribution in [2.24, 2.45) is 5.73 Å². The van der Waals surface area contributed by atoms with E-state index in [2.05, 4.69) is 0 Å². The molecule has 0 amide bonds. The molecule has 17 heavy (non-hydrogen) atoms. The molecule has 0 saturated heterocycles. The Hall–Kier alpha value is -1.07. The molecule has 1 aromatic rings. The van der Waals surface area contributed by atoms with Crippen molar-refractivity contribution in [3.05, 3.63) is 35.6 Å². The van der Waals surface area contributed by atoms with Crippen molar-refractivity contribution < 1.29 is 13.2 Å². The van der Waals surface area contributed by atoms with E-state index in [-0.39, 0.29) is 18.4 Å². The smallest absolute Gasteiger partial charge is 0.251 e. The van der Waals surface area contributed by atoms with Crippen LogP contribution in [0.4, 0.5) is 13.2 Å². The van der Waals surface area contributed by atoms with Crippen LogP contribution in [-0.2, 0) is 0 Å². The molecule has 0 heterocycles. The quantitative estimate of drug-likeness (QED) is 0.864. The number of hydrogen-bond acceptors (Lipinski definition) is 2. The van der Waals surface area contributed by atoms with Gasteiger partial charge in [-0.05, 0) is 31.7 Å². The minimum absolute atomic E-state index is 0.241. The van der Waals surface area contributed by atoms with Gasteiger partial charge in [-0.1, -0.05) is 12.1 Å². The molecule has 2 nitrogen and oxygen atoms in total. The van der Waals surface area contributed by atoms with Crippen molar-refractivity contribution in [3.63, 3.8) is 0 Å². The van der Waals surface area contributed by atoms with Crippen LogP contribution in [0.15, 0.2) is 24.3 Å². The van der Waals surface area contributed by atoms with Gasteiger partial charge in [-0.25, -0.2) is 13.2 Å². The average molecular weight is 246 g/mol. The molecule has 0 aliphatic rings. The normalized spacial score (nSPS) is 15.3. The van der Waals surface area contributed by atoms with E-state index in [9.17, 15) is 13.2 Å². The van der Waals surface area contributed by atoms with Gasteiger partial charge in [0, 0.05) is 12.1 Å². The van der Waals surface area contributed by atoms with Crippen LogP contribution in [0.25, 0.3) is 0 Å². The van der Waals surface area contributed by atoms with E-state index in [0.717, 1.165) is 5.56 Å². The highest BCUT2D eigenvalue weighted by atomic mass is 19.3. The second-order valence-electron chi connectivity index (χ2n) is 4.15. The lowest BCUT2D eigenvalue weighted by molar-refractivity contribution is 0.0784. The van der Waals surface area contributed by atoms with E-state index in [1.54, 1.807) is 26.1 Å². The molecule has 0 fully saturated rings. The summed E-state index contributed by atoms with van der Waals surface area (Å²) >= 11 is 0. The first-order valence-electron chi connectivity index (χ1n) is 5.41. The zero-order valence-corrected chi connectivity index (χ0v) is 9.91. The highest BCUT2D eigenvalue weighted by Gasteiger charge is 2.21. The molecule has 2 N–H and O–H groups in total. The van der Waals surface area contributed by atoms with Gasteiger partial charge in [0.25, 0.3) is 6.43 Å². The Kier molecular flexibility index (Phi) is 4.96. The van der Waals surface area contributed by atoms with Gasteiger partial charge in [-0.15, -0.1) is 0 Å². The van der Waals surface area contributed by atoms with Crippen molar-refractivity contribution in [1.29, 1.82) is 0 Å². The van der Waals surface area contributed by atoms with Gasteiger partial charge in [0.2, 0.25) is 0 Å². The van der Waals surface area contributed by atoms with Gasteiger partial charge in [0.05, 0.1) is 6.54 Å². The van der Waals surface area contributed by atoms with Gasteiger partial charge >= 0.3 is 0 Å². The summed E-state index contributed by atoms with van der Waals surface area (Å²) in [4.78, 5) is 1.50. The lowest BCUT2D eigenvalue weighted by atomic mass is 10.0. The maximum absolute atomic E-state index is 12.7. The largest absolute Gasteiger partial charge is 0.323 e. The Morgan fingerprint density at radius 1 is 1.24 bits per heavy atom. The molecule has 96 valence electrons. The third kappa shape index (κ3) is 4.02. The van der Waals surface area contributed by atoms with Crippen molar-refractivity contribution in [2.75, 3.05) is 13.6 Å². The number of alkyl halides is 2. The number of likely N-dealkylation sites (N-methyl/N-ethyl adjacent to an activating group) is 1. The van der Waals surface area contributed by atoms with E-state index >= 15 is 0 Å². The highest BCUT2D eigenvalue weighted by molar-refractivity contribution is 5.20. The summed E-state index contributed by atoms with van der Waals surface area (Å²) in [5, 5.41) is 0. The third-order valence-corrected chi connectivity index (χ3v) is 2.90. The lowest BCUT2D eigenvalue weighted by Crippen LogP contribution is -2.40. The molecule has 5 heteroatoms. The van der Waals surface area contributed by atoms with Crippen LogP contribution in [0.2, 0.25) is 0 Å². The molecule has 0 spiro atoms. The van der Waals surface area contributed by atoms with E-state index in [4.69, 9.17) is 5.73 Å².